The van der Waals surface area contributed by atoms with E-state index in [1.165, 1.54) is 16.8 Å². The van der Waals surface area contributed by atoms with Crippen molar-refractivity contribution < 1.29 is 4.74 Å². The van der Waals surface area contributed by atoms with Gasteiger partial charge in [-0.15, -0.1) is 0 Å². The lowest BCUT2D eigenvalue weighted by Gasteiger charge is -2.23. The van der Waals surface area contributed by atoms with Gasteiger partial charge in [-0.25, -0.2) is 0 Å². The number of rotatable bonds is 4. The minimum absolute atomic E-state index is 0.364. The van der Waals surface area contributed by atoms with Crippen LogP contribution in [0.15, 0.2) is 18.2 Å². The molecular weight excluding hydrogens is 212 g/mol. The molecule has 1 aliphatic heterocycles. The summed E-state index contributed by atoms with van der Waals surface area (Å²) in [5.41, 5.74) is 3.89. The van der Waals surface area contributed by atoms with Crippen LogP contribution in [0.1, 0.15) is 17.5 Å². The summed E-state index contributed by atoms with van der Waals surface area (Å²) in [7, 11) is 0. The quantitative estimate of drug-likeness (QED) is 0.837. The number of hydrogen-bond donors (Lipinski definition) is 2. The smallest absolute Gasteiger partial charge is 0.0716 e. The van der Waals surface area contributed by atoms with Gasteiger partial charge in [-0.1, -0.05) is 6.07 Å². The standard InChI is InChI=1S/C14H22N2O/c1-11-3-4-13(9-12(11)2)16-6-5-14-10-15-7-8-17-14/h3-4,9,14-16H,5-8,10H2,1-2H3. The van der Waals surface area contributed by atoms with Crippen LogP contribution in [-0.2, 0) is 4.74 Å². The maximum absolute atomic E-state index is 5.66. The molecule has 3 nitrogen and oxygen atoms in total. The molecule has 1 saturated heterocycles. The van der Waals surface area contributed by atoms with Gasteiger partial charge >= 0.3 is 0 Å². The second-order valence-electron chi connectivity index (χ2n) is 4.71. The highest BCUT2D eigenvalue weighted by Gasteiger charge is 2.12. The van der Waals surface area contributed by atoms with Crippen molar-refractivity contribution in [2.75, 3.05) is 31.6 Å². The predicted octanol–water partition coefficient (Wildman–Crippen LogP) is 2.09. The second-order valence-corrected chi connectivity index (χ2v) is 4.71. The van der Waals surface area contributed by atoms with Crippen LogP contribution < -0.4 is 10.6 Å². The Balaban J connectivity index is 1.75. The third-order valence-corrected chi connectivity index (χ3v) is 3.31. The molecule has 2 rings (SSSR count). The summed E-state index contributed by atoms with van der Waals surface area (Å²) in [6, 6.07) is 6.51. The van der Waals surface area contributed by atoms with Gasteiger partial charge in [0.1, 0.15) is 0 Å². The van der Waals surface area contributed by atoms with Crippen molar-refractivity contribution in [3.63, 3.8) is 0 Å². The average Bonchev–Trinajstić information content (AvgIpc) is 2.35. The Hall–Kier alpha value is -1.06. The molecule has 1 heterocycles. The summed E-state index contributed by atoms with van der Waals surface area (Å²) >= 11 is 0. The lowest BCUT2D eigenvalue weighted by atomic mass is 10.1. The molecule has 1 atom stereocenters. The van der Waals surface area contributed by atoms with Crippen molar-refractivity contribution in [1.82, 2.24) is 5.32 Å². The fourth-order valence-corrected chi connectivity index (χ4v) is 2.03. The van der Waals surface area contributed by atoms with Crippen LogP contribution in [0.25, 0.3) is 0 Å². The highest BCUT2D eigenvalue weighted by molar-refractivity contribution is 5.47. The maximum Gasteiger partial charge on any atom is 0.0716 e. The molecule has 0 aliphatic carbocycles. The normalized spacial score (nSPS) is 20.2. The lowest BCUT2D eigenvalue weighted by Crippen LogP contribution is -2.39. The summed E-state index contributed by atoms with van der Waals surface area (Å²) < 4.78 is 5.66. The third kappa shape index (κ3) is 3.72. The average molecular weight is 234 g/mol. The number of ether oxygens (including phenoxy) is 1. The Morgan fingerprint density at radius 3 is 2.94 bits per heavy atom. The summed E-state index contributed by atoms with van der Waals surface area (Å²) in [6.07, 6.45) is 1.42. The largest absolute Gasteiger partial charge is 0.385 e. The molecule has 1 aromatic carbocycles. The molecule has 1 unspecified atom stereocenters. The molecule has 94 valence electrons. The van der Waals surface area contributed by atoms with Crippen molar-refractivity contribution in [3.8, 4) is 0 Å². The molecule has 0 spiro atoms. The van der Waals surface area contributed by atoms with Crippen molar-refractivity contribution in [1.29, 1.82) is 0 Å². The zero-order chi connectivity index (χ0) is 12.1. The zero-order valence-electron chi connectivity index (χ0n) is 10.8. The fraction of sp³-hybridized carbons (Fsp3) is 0.571. The van der Waals surface area contributed by atoms with E-state index < -0.39 is 0 Å². The Kier molecular flexibility index (Phi) is 4.40. The first kappa shape index (κ1) is 12.4. The van der Waals surface area contributed by atoms with Crippen molar-refractivity contribution >= 4 is 5.69 Å². The van der Waals surface area contributed by atoms with Gasteiger partial charge in [0.25, 0.3) is 0 Å². The molecule has 0 amide bonds. The van der Waals surface area contributed by atoms with Crippen molar-refractivity contribution in [2.45, 2.75) is 26.4 Å². The number of benzene rings is 1. The Morgan fingerprint density at radius 2 is 2.24 bits per heavy atom. The molecule has 17 heavy (non-hydrogen) atoms. The molecule has 1 aromatic rings. The molecule has 0 aromatic heterocycles. The van der Waals surface area contributed by atoms with E-state index >= 15 is 0 Å². The van der Waals surface area contributed by atoms with Crippen LogP contribution in [0.2, 0.25) is 0 Å². The van der Waals surface area contributed by atoms with E-state index in [-0.39, 0.29) is 0 Å². The number of anilines is 1. The van der Waals surface area contributed by atoms with E-state index in [2.05, 4.69) is 42.7 Å². The monoisotopic (exact) mass is 234 g/mol. The van der Waals surface area contributed by atoms with E-state index in [4.69, 9.17) is 4.74 Å². The first-order chi connectivity index (χ1) is 8.25. The molecule has 1 aliphatic rings. The molecule has 3 heteroatoms. The topological polar surface area (TPSA) is 33.3 Å². The van der Waals surface area contributed by atoms with Crippen LogP contribution in [0.5, 0.6) is 0 Å². The van der Waals surface area contributed by atoms with Crippen molar-refractivity contribution in [3.05, 3.63) is 29.3 Å². The first-order valence-electron chi connectivity index (χ1n) is 6.39. The van der Waals surface area contributed by atoms with Crippen LogP contribution in [0.3, 0.4) is 0 Å². The molecule has 0 saturated carbocycles. The van der Waals surface area contributed by atoms with Gasteiger partial charge < -0.3 is 15.4 Å². The lowest BCUT2D eigenvalue weighted by molar-refractivity contribution is 0.0258. The molecule has 1 fully saturated rings. The SMILES string of the molecule is Cc1ccc(NCCC2CNCCO2)cc1C. The summed E-state index contributed by atoms with van der Waals surface area (Å²) in [5, 5.41) is 6.80. The Labute approximate surface area is 104 Å². The van der Waals surface area contributed by atoms with Crippen molar-refractivity contribution in [2.24, 2.45) is 0 Å². The van der Waals surface area contributed by atoms with E-state index in [0.717, 1.165) is 32.7 Å². The summed E-state index contributed by atoms with van der Waals surface area (Å²) in [5.74, 6) is 0. The van der Waals surface area contributed by atoms with Crippen LogP contribution >= 0.6 is 0 Å². The Morgan fingerprint density at radius 1 is 1.35 bits per heavy atom. The van der Waals surface area contributed by atoms with Gasteiger partial charge in [-0.05, 0) is 43.5 Å². The fourth-order valence-electron chi connectivity index (χ4n) is 2.03. The van der Waals surface area contributed by atoms with Crippen LogP contribution in [0, 0.1) is 13.8 Å². The summed E-state index contributed by atoms with van der Waals surface area (Å²) in [4.78, 5) is 0. The third-order valence-electron chi connectivity index (χ3n) is 3.31. The maximum atomic E-state index is 5.66. The highest BCUT2D eigenvalue weighted by Crippen LogP contribution is 2.14. The minimum atomic E-state index is 0.364. The summed E-state index contributed by atoms with van der Waals surface area (Å²) in [6.45, 7) is 8.06. The highest BCUT2D eigenvalue weighted by atomic mass is 16.5. The van der Waals surface area contributed by atoms with Gasteiger partial charge in [0, 0.05) is 25.3 Å². The van der Waals surface area contributed by atoms with Gasteiger partial charge in [-0.2, -0.15) is 0 Å². The number of nitrogens with one attached hydrogen (secondary N) is 2. The van der Waals surface area contributed by atoms with E-state index in [0.29, 0.717) is 6.10 Å². The van der Waals surface area contributed by atoms with Gasteiger partial charge in [0.15, 0.2) is 0 Å². The number of hydrogen-bond acceptors (Lipinski definition) is 3. The minimum Gasteiger partial charge on any atom is -0.385 e. The Bertz CT molecular complexity index is 359. The van der Waals surface area contributed by atoms with Gasteiger partial charge in [-0.3, -0.25) is 0 Å². The molecular formula is C14H22N2O. The van der Waals surface area contributed by atoms with E-state index in [9.17, 15) is 0 Å². The molecule has 2 N–H and O–H groups in total. The molecule has 0 bridgehead atoms. The second kappa shape index (κ2) is 6.03. The zero-order valence-corrected chi connectivity index (χ0v) is 10.8. The first-order valence-corrected chi connectivity index (χ1v) is 6.39. The van der Waals surface area contributed by atoms with Crippen LogP contribution in [-0.4, -0.2) is 32.3 Å². The molecule has 0 radical (unpaired) electrons. The van der Waals surface area contributed by atoms with Crippen LogP contribution in [0.4, 0.5) is 5.69 Å². The number of morpholine rings is 1. The predicted molar refractivity (Wildman–Crippen MR) is 71.6 cm³/mol. The van der Waals surface area contributed by atoms with E-state index in [1.807, 2.05) is 0 Å². The number of aryl methyl sites for hydroxylation is 2. The van der Waals surface area contributed by atoms with Gasteiger partial charge in [0.05, 0.1) is 12.7 Å². The van der Waals surface area contributed by atoms with Gasteiger partial charge in [0.2, 0.25) is 0 Å². The van der Waals surface area contributed by atoms with E-state index in [1.54, 1.807) is 0 Å².